The summed E-state index contributed by atoms with van der Waals surface area (Å²) < 4.78 is 4.77. The Morgan fingerprint density at radius 2 is 1.83 bits per heavy atom. The number of carbonyl (C=O) groups excluding carboxylic acids is 1. The molecule has 0 aliphatic rings. The fourth-order valence-corrected chi connectivity index (χ4v) is 0.702. The van der Waals surface area contributed by atoms with Crippen molar-refractivity contribution in [2.75, 3.05) is 5.73 Å². The maximum absolute atomic E-state index is 10.4. The molecule has 0 unspecified atom stereocenters. The van der Waals surface area contributed by atoms with Crippen LogP contribution in [-0.4, -0.2) is 35.5 Å². The van der Waals surface area contributed by atoms with Crippen molar-refractivity contribution < 1.29 is 9.53 Å². The summed E-state index contributed by atoms with van der Waals surface area (Å²) in [5, 5.41) is 0. The van der Waals surface area contributed by atoms with Crippen molar-refractivity contribution in [1.29, 1.82) is 0 Å². The summed E-state index contributed by atoms with van der Waals surface area (Å²) in [6.45, 7) is 1.36. The zero-order chi connectivity index (χ0) is 8.27. The van der Waals surface area contributed by atoms with E-state index in [0.29, 0.717) is 11.4 Å². The van der Waals surface area contributed by atoms with Crippen molar-refractivity contribution in [1.82, 2.24) is 0 Å². The number of anilines is 1. The monoisotopic (exact) mass is 175 g/mol. The van der Waals surface area contributed by atoms with Gasteiger partial charge in [0.15, 0.2) is 0 Å². The van der Waals surface area contributed by atoms with Gasteiger partial charge in [0.1, 0.15) is 5.75 Å². The number of rotatable bonds is 1. The van der Waals surface area contributed by atoms with E-state index in [0.717, 1.165) is 0 Å². The number of ether oxygens (including phenoxy) is 1. The Bertz CT molecular complexity index is 258. The minimum absolute atomic E-state index is 0. The molecule has 0 aliphatic heterocycles. The molecule has 3 nitrogen and oxygen atoms in total. The number of hydrogen-bond donors (Lipinski definition) is 1. The molecule has 1 aromatic carbocycles. The first-order chi connectivity index (χ1) is 5.18. The van der Waals surface area contributed by atoms with Gasteiger partial charge in [-0.15, -0.1) is 0 Å². The molecule has 0 spiro atoms. The van der Waals surface area contributed by atoms with Crippen LogP contribution in [0.1, 0.15) is 6.92 Å². The van der Waals surface area contributed by atoms with E-state index in [-0.39, 0.29) is 35.5 Å². The van der Waals surface area contributed by atoms with Crippen LogP contribution in [0.4, 0.5) is 5.69 Å². The zero-order valence-corrected chi connectivity index (χ0v) is 6.20. The predicted molar refractivity (Wildman–Crippen MR) is 49.3 cm³/mol. The second-order valence-electron chi connectivity index (χ2n) is 2.16. The Hall–Kier alpha value is -0.510. The third-order valence-electron chi connectivity index (χ3n) is 1.14. The molecule has 0 aliphatic carbocycles. The molecule has 1 aromatic rings. The zero-order valence-electron chi connectivity index (χ0n) is 6.20. The van der Waals surface area contributed by atoms with E-state index < -0.39 is 0 Å². The van der Waals surface area contributed by atoms with Crippen LogP contribution in [0.25, 0.3) is 0 Å². The van der Waals surface area contributed by atoms with Gasteiger partial charge in [0.05, 0.1) is 0 Å². The van der Waals surface area contributed by atoms with Crippen LogP contribution < -0.4 is 10.5 Å². The molecule has 60 valence electrons. The van der Waals surface area contributed by atoms with Gasteiger partial charge < -0.3 is 10.5 Å². The molecule has 2 N–H and O–H groups in total. The Morgan fingerprint density at radius 3 is 2.25 bits per heavy atom. The van der Waals surface area contributed by atoms with Gasteiger partial charge in [0.25, 0.3) is 0 Å². The number of benzene rings is 1. The summed E-state index contributed by atoms with van der Waals surface area (Å²) in [5.74, 6) is 0.196. The van der Waals surface area contributed by atoms with E-state index in [1.807, 2.05) is 0 Å². The summed E-state index contributed by atoms with van der Waals surface area (Å²) in [5.41, 5.74) is 6.07. The summed E-state index contributed by atoms with van der Waals surface area (Å²) >= 11 is 0. The molecular weight excluding hydrogens is 165 g/mol. The summed E-state index contributed by atoms with van der Waals surface area (Å²) in [4.78, 5) is 10.4. The second-order valence-corrected chi connectivity index (χ2v) is 2.16. The number of nitrogen functional groups attached to an aromatic ring is 1. The van der Waals surface area contributed by atoms with Gasteiger partial charge in [0, 0.05) is 12.6 Å². The number of carbonyl (C=O) groups is 1. The van der Waals surface area contributed by atoms with Crippen molar-refractivity contribution in [3.05, 3.63) is 24.3 Å². The van der Waals surface area contributed by atoms with Crippen LogP contribution in [0.3, 0.4) is 0 Å². The first-order valence-electron chi connectivity index (χ1n) is 3.22. The van der Waals surface area contributed by atoms with E-state index in [1.54, 1.807) is 24.3 Å². The molecule has 0 atom stereocenters. The van der Waals surface area contributed by atoms with Crippen LogP contribution in [0, 0.1) is 0 Å². The van der Waals surface area contributed by atoms with E-state index in [4.69, 9.17) is 10.5 Å². The maximum atomic E-state index is 10.4. The predicted octanol–water partition coefficient (Wildman–Crippen LogP) is 0.546. The van der Waals surface area contributed by atoms with Crippen LogP contribution in [0.5, 0.6) is 5.75 Å². The molecule has 0 radical (unpaired) electrons. The van der Waals surface area contributed by atoms with Crippen LogP contribution in [-0.2, 0) is 4.79 Å². The Morgan fingerprint density at radius 1 is 1.33 bits per heavy atom. The first kappa shape index (κ1) is 11.5. The van der Waals surface area contributed by atoms with Gasteiger partial charge in [-0.1, -0.05) is 0 Å². The summed E-state index contributed by atoms with van der Waals surface area (Å²) in [7, 11) is 0. The molecule has 0 aromatic heterocycles. The van der Waals surface area contributed by atoms with Gasteiger partial charge in [-0.2, -0.15) is 0 Å². The van der Waals surface area contributed by atoms with Gasteiger partial charge in [-0.05, 0) is 24.3 Å². The van der Waals surface area contributed by atoms with E-state index >= 15 is 0 Å². The second kappa shape index (κ2) is 5.19. The van der Waals surface area contributed by atoms with Crippen molar-refractivity contribution in [3.63, 3.8) is 0 Å². The third-order valence-corrected chi connectivity index (χ3v) is 1.14. The normalized spacial score (nSPS) is 8.42. The molecule has 0 amide bonds. The molecule has 4 heteroatoms. The molecule has 0 saturated heterocycles. The van der Waals surface area contributed by atoms with Gasteiger partial charge >= 0.3 is 35.5 Å². The number of nitrogens with two attached hydrogens (primary N) is 1. The number of hydrogen-bond acceptors (Lipinski definition) is 3. The van der Waals surface area contributed by atoms with E-state index in [2.05, 4.69) is 0 Å². The summed E-state index contributed by atoms with van der Waals surface area (Å²) in [6, 6.07) is 6.66. The third kappa shape index (κ3) is 3.76. The molecule has 1 rings (SSSR count). The SMILES string of the molecule is CC(=O)Oc1ccc(N)cc1.[NaH]. The fraction of sp³-hybridized carbons (Fsp3) is 0.125. The van der Waals surface area contributed by atoms with Crippen molar-refractivity contribution in [3.8, 4) is 5.75 Å². The van der Waals surface area contributed by atoms with Crippen LogP contribution in [0.15, 0.2) is 24.3 Å². The van der Waals surface area contributed by atoms with Crippen molar-refractivity contribution in [2.45, 2.75) is 6.92 Å². The van der Waals surface area contributed by atoms with Crippen LogP contribution >= 0.6 is 0 Å². The van der Waals surface area contributed by atoms with Gasteiger partial charge in [-0.3, -0.25) is 4.79 Å². The topological polar surface area (TPSA) is 52.3 Å². The Kier molecular flexibility index (Phi) is 4.97. The first-order valence-corrected chi connectivity index (χ1v) is 3.22. The Labute approximate surface area is 93.2 Å². The molecule has 0 saturated carbocycles. The number of esters is 1. The van der Waals surface area contributed by atoms with E-state index in [1.165, 1.54) is 6.92 Å². The Balaban J connectivity index is 0.00000121. The standard InChI is InChI=1S/C8H9NO2.Na.H/c1-6(10)11-8-4-2-7(9)3-5-8;;/h2-5H,9H2,1H3;;. The average Bonchev–Trinajstić information content (AvgIpc) is 1.93. The molecule has 0 heterocycles. The van der Waals surface area contributed by atoms with Gasteiger partial charge in [0.2, 0.25) is 0 Å². The van der Waals surface area contributed by atoms with Crippen molar-refractivity contribution in [2.24, 2.45) is 0 Å². The molecule has 12 heavy (non-hydrogen) atoms. The van der Waals surface area contributed by atoms with Gasteiger partial charge in [-0.25, -0.2) is 0 Å². The van der Waals surface area contributed by atoms with E-state index in [9.17, 15) is 4.79 Å². The molecule has 0 bridgehead atoms. The van der Waals surface area contributed by atoms with Crippen LogP contribution in [0.2, 0.25) is 0 Å². The molecule has 0 fully saturated rings. The van der Waals surface area contributed by atoms with Crippen molar-refractivity contribution >= 4 is 41.2 Å². The summed E-state index contributed by atoms with van der Waals surface area (Å²) in [6.07, 6.45) is 0. The average molecular weight is 175 g/mol. The minimum atomic E-state index is -0.324. The fourth-order valence-electron chi connectivity index (χ4n) is 0.702. The molecular formula is C8H10NNaO2. The quantitative estimate of drug-likeness (QED) is 0.293.